The lowest BCUT2D eigenvalue weighted by Crippen LogP contribution is -2.39. The van der Waals surface area contributed by atoms with Crippen molar-refractivity contribution in [3.63, 3.8) is 0 Å². The largest absolute Gasteiger partial charge is 0.497 e. The monoisotopic (exact) mass is 325 g/mol. The van der Waals surface area contributed by atoms with Gasteiger partial charge in [0.05, 0.1) is 25.3 Å². The number of piperidine rings is 1. The molecule has 1 aromatic carbocycles. The SMILES string of the molecule is COc1cccc(-c2cc(CC(=O)N3CCC(C#N)CC3)no2)c1. The number of likely N-dealkylation sites (tertiary alicyclic amines) is 1. The van der Waals surface area contributed by atoms with E-state index >= 15 is 0 Å². The molecule has 3 rings (SSSR count). The van der Waals surface area contributed by atoms with Crippen molar-refractivity contribution >= 4 is 5.91 Å². The average Bonchev–Trinajstić information content (AvgIpc) is 3.10. The van der Waals surface area contributed by atoms with Crippen molar-refractivity contribution in [1.82, 2.24) is 10.1 Å². The Hall–Kier alpha value is -2.81. The second-order valence-corrected chi connectivity index (χ2v) is 5.88. The molecule has 124 valence electrons. The third-order valence-electron chi connectivity index (χ3n) is 4.28. The zero-order chi connectivity index (χ0) is 16.9. The van der Waals surface area contributed by atoms with Crippen LogP contribution in [0.15, 0.2) is 34.9 Å². The second kappa shape index (κ2) is 7.18. The summed E-state index contributed by atoms with van der Waals surface area (Å²) < 4.78 is 10.6. The van der Waals surface area contributed by atoms with Crippen molar-refractivity contribution < 1.29 is 14.1 Å². The average molecular weight is 325 g/mol. The highest BCUT2D eigenvalue weighted by atomic mass is 16.5. The number of carbonyl (C=O) groups is 1. The van der Waals surface area contributed by atoms with Gasteiger partial charge in [-0.3, -0.25) is 4.79 Å². The van der Waals surface area contributed by atoms with E-state index in [4.69, 9.17) is 14.5 Å². The van der Waals surface area contributed by atoms with Gasteiger partial charge in [-0.15, -0.1) is 0 Å². The molecule has 0 N–H and O–H groups in total. The van der Waals surface area contributed by atoms with E-state index in [1.165, 1.54) is 0 Å². The number of rotatable bonds is 4. The zero-order valence-corrected chi connectivity index (χ0v) is 13.6. The Bertz CT molecular complexity index is 755. The molecule has 24 heavy (non-hydrogen) atoms. The van der Waals surface area contributed by atoms with Crippen molar-refractivity contribution in [2.75, 3.05) is 20.2 Å². The summed E-state index contributed by atoms with van der Waals surface area (Å²) in [4.78, 5) is 14.1. The molecule has 2 aromatic rings. The van der Waals surface area contributed by atoms with Gasteiger partial charge in [0, 0.05) is 30.6 Å². The fourth-order valence-corrected chi connectivity index (χ4v) is 2.83. The van der Waals surface area contributed by atoms with Gasteiger partial charge in [0.15, 0.2) is 5.76 Å². The van der Waals surface area contributed by atoms with E-state index in [2.05, 4.69) is 11.2 Å². The highest BCUT2D eigenvalue weighted by Crippen LogP contribution is 2.25. The van der Waals surface area contributed by atoms with Crippen LogP contribution in [-0.4, -0.2) is 36.2 Å². The van der Waals surface area contributed by atoms with Crippen molar-refractivity contribution in [2.24, 2.45) is 5.92 Å². The fourth-order valence-electron chi connectivity index (χ4n) is 2.83. The Balaban J connectivity index is 1.64. The normalized spacial score (nSPS) is 15.1. The summed E-state index contributed by atoms with van der Waals surface area (Å²) >= 11 is 0. The summed E-state index contributed by atoms with van der Waals surface area (Å²) in [6, 6.07) is 11.6. The van der Waals surface area contributed by atoms with E-state index in [0.717, 1.165) is 24.2 Å². The Morgan fingerprint density at radius 2 is 2.21 bits per heavy atom. The van der Waals surface area contributed by atoms with Gasteiger partial charge in [0.25, 0.3) is 0 Å². The quantitative estimate of drug-likeness (QED) is 0.863. The number of benzene rings is 1. The van der Waals surface area contributed by atoms with Gasteiger partial charge in [0.2, 0.25) is 5.91 Å². The summed E-state index contributed by atoms with van der Waals surface area (Å²) in [6.45, 7) is 1.27. The number of nitriles is 1. The lowest BCUT2D eigenvalue weighted by atomic mass is 9.98. The Kier molecular flexibility index (Phi) is 4.80. The van der Waals surface area contributed by atoms with Crippen molar-refractivity contribution in [2.45, 2.75) is 19.3 Å². The third kappa shape index (κ3) is 3.57. The Morgan fingerprint density at radius 3 is 2.92 bits per heavy atom. The van der Waals surface area contributed by atoms with Crippen molar-refractivity contribution in [3.8, 4) is 23.1 Å². The molecule has 6 nitrogen and oxygen atoms in total. The first-order valence-electron chi connectivity index (χ1n) is 7.97. The Labute approximate surface area is 140 Å². The topological polar surface area (TPSA) is 79.4 Å². The van der Waals surface area contributed by atoms with Gasteiger partial charge in [-0.2, -0.15) is 5.26 Å². The van der Waals surface area contributed by atoms with Crippen LogP contribution >= 0.6 is 0 Å². The summed E-state index contributed by atoms with van der Waals surface area (Å²) in [5, 5.41) is 12.9. The highest BCUT2D eigenvalue weighted by Gasteiger charge is 2.23. The number of hydrogen-bond donors (Lipinski definition) is 0. The van der Waals surface area contributed by atoms with Crippen LogP contribution in [0.25, 0.3) is 11.3 Å². The first-order chi connectivity index (χ1) is 11.7. The first-order valence-corrected chi connectivity index (χ1v) is 7.97. The maximum absolute atomic E-state index is 12.4. The molecule has 6 heteroatoms. The number of ether oxygens (including phenoxy) is 1. The number of methoxy groups -OCH3 is 1. The van der Waals surface area contributed by atoms with Crippen LogP contribution in [0.5, 0.6) is 5.75 Å². The molecule has 1 aliphatic heterocycles. The lowest BCUT2D eigenvalue weighted by molar-refractivity contribution is -0.131. The Morgan fingerprint density at radius 1 is 1.42 bits per heavy atom. The summed E-state index contributed by atoms with van der Waals surface area (Å²) in [7, 11) is 1.61. The van der Waals surface area contributed by atoms with E-state index in [-0.39, 0.29) is 18.2 Å². The molecule has 0 radical (unpaired) electrons. The minimum absolute atomic E-state index is 0.0249. The van der Waals surface area contributed by atoms with Gasteiger partial charge < -0.3 is 14.2 Å². The van der Waals surface area contributed by atoms with Gasteiger partial charge in [-0.05, 0) is 25.0 Å². The molecule has 0 aliphatic carbocycles. The number of amides is 1. The molecule has 0 saturated carbocycles. The fraction of sp³-hybridized carbons (Fsp3) is 0.389. The number of carbonyl (C=O) groups excluding carboxylic acids is 1. The van der Waals surface area contributed by atoms with Crippen LogP contribution in [0.4, 0.5) is 0 Å². The number of aromatic nitrogens is 1. The van der Waals surface area contributed by atoms with Crippen molar-refractivity contribution in [3.05, 3.63) is 36.0 Å². The van der Waals surface area contributed by atoms with Crippen LogP contribution in [0.2, 0.25) is 0 Å². The molecule has 1 aliphatic rings. The lowest BCUT2D eigenvalue weighted by Gasteiger charge is -2.28. The van der Waals surface area contributed by atoms with Crippen LogP contribution in [0.1, 0.15) is 18.5 Å². The minimum atomic E-state index is 0.0249. The molecular weight excluding hydrogens is 306 g/mol. The molecule has 0 spiro atoms. The molecule has 0 atom stereocenters. The standard InChI is InChI=1S/C18H19N3O3/c1-23-16-4-2-3-14(9-16)17-10-15(20-24-17)11-18(22)21-7-5-13(12-19)6-8-21/h2-4,9-10,13H,5-8,11H2,1H3. The molecule has 1 saturated heterocycles. The van der Waals surface area contributed by atoms with Crippen LogP contribution < -0.4 is 4.74 Å². The summed E-state index contributed by atoms with van der Waals surface area (Å²) in [5.74, 6) is 1.44. The summed E-state index contributed by atoms with van der Waals surface area (Å²) in [6.07, 6.45) is 1.71. The van der Waals surface area contributed by atoms with Crippen molar-refractivity contribution in [1.29, 1.82) is 5.26 Å². The predicted molar refractivity (Wildman–Crippen MR) is 87.1 cm³/mol. The third-order valence-corrected chi connectivity index (χ3v) is 4.28. The first kappa shape index (κ1) is 16.1. The van der Waals surface area contributed by atoms with Gasteiger partial charge >= 0.3 is 0 Å². The number of nitrogens with zero attached hydrogens (tertiary/aromatic N) is 3. The zero-order valence-electron chi connectivity index (χ0n) is 13.6. The molecule has 0 unspecified atom stereocenters. The van der Waals surface area contributed by atoms with E-state index in [1.54, 1.807) is 18.1 Å². The highest BCUT2D eigenvalue weighted by molar-refractivity contribution is 5.78. The van der Waals surface area contributed by atoms with E-state index < -0.39 is 0 Å². The minimum Gasteiger partial charge on any atom is -0.497 e. The maximum Gasteiger partial charge on any atom is 0.228 e. The van der Waals surface area contributed by atoms with Gasteiger partial charge in [-0.25, -0.2) is 0 Å². The molecule has 1 fully saturated rings. The predicted octanol–water partition coefficient (Wildman–Crippen LogP) is 2.65. The van der Waals surface area contributed by atoms with Crippen LogP contribution in [-0.2, 0) is 11.2 Å². The molecule has 1 amide bonds. The van der Waals surface area contributed by atoms with Crippen LogP contribution in [0, 0.1) is 17.2 Å². The number of hydrogen-bond acceptors (Lipinski definition) is 5. The van der Waals surface area contributed by atoms with Gasteiger partial charge in [-0.1, -0.05) is 17.3 Å². The molecular formula is C18H19N3O3. The van der Waals surface area contributed by atoms with Gasteiger partial charge in [0.1, 0.15) is 5.75 Å². The van der Waals surface area contributed by atoms with E-state index in [1.807, 2.05) is 24.3 Å². The van der Waals surface area contributed by atoms with Crippen LogP contribution in [0.3, 0.4) is 0 Å². The van der Waals surface area contributed by atoms with E-state index in [0.29, 0.717) is 24.5 Å². The second-order valence-electron chi connectivity index (χ2n) is 5.88. The molecule has 1 aromatic heterocycles. The smallest absolute Gasteiger partial charge is 0.228 e. The van der Waals surface area contributed by atoms with E-state index in [9.17, 15) is 4.79 Å². The molecule has 2 heterocycles. The maximum atomic E-state index is 12.4. The molecule has 0 bridgehead atoms. The summed E-state index contributed by atoms with van der Waals surface area (Å²) in [5.41, 5.74) is 1.47.